The first kappa shape index (κ1) is 11.0. The lowest BCUT2D eigenvalue weighted by molar-refractivity contribution is 0.429. The minimum Gasteiger partial charge on any atom is -0.319 e. The largest absolute Gasteiger partial charge is 0.319 e. The highest BCUT2D eigenvalue weighted by Crippen LogP contribution is 2.11. The van der Waals surface area contributed by atoms with Crippen molar-refractivity contribution in [1.29, 1.82) is 0 Å². The van der Waals surface area contributed by atoms with Gasteiger partial charge in [-0.3, -0.25) is 0 Å². The second-order valence-electron chi connectivity index (χ2n) is 3.33. The molecule has 11 heavy (non-hydrogen) atoms. The van der Waals surface area contributed by atoms with Crippen LogP contribution in [0.5, 0.6) is 0 Å². The Morgan fingerprint density at radius 1 is 1.18 bits per heavy atom. The molecule has 0 fully saturated rings. The molecule has 0 aromatic rings. The van der Waals surface area contributed by atoms with Crippen LogP contribution in [0.3, 0.4) is 0 Å². The monoisotopic (exact) mass is 157 g/mol. The molecule has 0 amide bonds. The molecule has 0 rings (SSSR count). The van der Waals surface area contributed by atoms with Crippen molar-refractivity contribution in [1.82, 2.24) is 5.32 Å². The predicted octanol–water partition coefficient (Wildman–Crippen LogP) is 2.81. The Morgan fingerprint density at radius 2 is 1.91 bits per heavy atom. The Labute approximate surface area is 71.6 Å². The molecule has 1 unspecified atom stereocenters. The third-order valence-corrected chi connectivity index (χ3v) is 2.29. The average molecular weight is 157 g/mol. The maximum atomic E-state index is 3.25. The lowest BCUT2D eigenvalue weighted by Gasteiger charge is -2.13. The molecule has 0 radical (unpaired) electrons. The molecule has 0 heterocycles. The Hall–Kier alpha value is -0.0400. The van der Waals surface area contributed by atoms with E-state index in [0.717, 1.165) is 5.92 Å². The summed E-state index contributed by atoms with van der Waals surface area (Å²) in [5, 5.41) is 3.25. The van der Waals surface area contributed by atoms with E-state index in [-0.39, 0.29) is 0 Å². The Morgan fingerprint density at radius 3 is 2.36 bits per heavy atom. The minimum atomic E-state index is 0.909. The molecule has 0 aliphatic heterocycles. The van der Waals surface area contributed by atoms with Gasteiger partial charge in [0, 0.05) is 0 Å². The smallest absolute Gasteiger partial charge is 0.00236 e. The highest BCUT2D eigenvalue weighted by molar-refractivity contribution is 4.58. The summed E-state index contributed by atoms with van der Waals surface area (Å²) in [6.45, 7) is 5.74. The standard InChI is InChI=1S/C10H23N/c1-4-6-7-8-10(5-2)9-11-3/h10-11H,4-9H2,1-3H3. The summed E-state index contributed by atoms with van der Waals surface area (Å²) in [5.74, 6) is 0.909. The molecular weight excluding hydrogens is 134 g/mol. The first-order valence-electron chi connectivity index (χ1n) is 4.99. The molecular formula is C10H23N. The van der Waals surface area contributed by atoms with E-state index in [2.05, 4.69) is 19.2 Å². The molecule has 0 aliphatic rings. The summed E-state index contributed by atoms with van der Waals surface area (Å²) in [7, 11) is 2.04. The fourth-order valence-corrected chi connectivity index (χ4v) is 1.42. The van der Waals surface area contributed by atoms with Gasteiger partial charge in [-0.05, 0) is 25.9 Å². The number of rotatable bonds is 7. The van der Waals surface area contributed by atoms with Gasteiger partial charge < -0.3 is 5.32 Å². The van der Waals surface area contributed by atoms with E-state index in [0.29, 0.717) is 0 Å². The summed E-state index contributed by atoms with van der Waals surface area (Å²) in [6.07, 6.45) is 6.89. The summed E-state index contributed by atoms with van der Waals surface area (Å²) in [6, 6.07) is 0. The van der Waals surface area contributed by atoms with E-state index in [1.165, 1.54) is 38.6 Å². The van der Waals surface area contributed by atoms with Gasteiger partial charge in [-0.1, -0.05) is 39.5 Å². The quantitative estimate of drug-likeness (QED) is 0.560. The second-order valence-corrected chi connectivity index (χ2v) is 3.33. The lowest BCUT2D eigenvalue weighted by Crippen LogP contribution is -2.17. The van der Waals surface area contributed by atoms with Crippen LogP contribution >= 0.6 is 0 Å². The average Bonchev–Trinajstić information content (AvgIpc) is 2.03. The number of nitrogens with one attached hydrogen (secondary N) is 1. The first-order chi connectivity index (χ1) is 5.35. The van der Waals surface area contributed by atoms with Gasteiger partial charge in [0.2, 0.25) is 0 Å². The summed E-state index contributed by atoms with van der Waals surface area (Å²) >= 11 is 0. The van der Waals surface area contributed by atoms with E-state index in [1.54, 1.807) is 0 Å². The number of hydrogen-bond donors (Lipinski definition) is 1. The SMILES string of the molecule is CCCCCC(CC)CNC. The van der Waals surface area contributed by atoms with Crippen LogP contribution in [0, 0.1) is 5.92 Å². The van der Waals surface area contributed by atoms with E-state index in [1.807, 2.05) is 7.05 Å². The number of hydrogen-bond acceptors (Lipinski definition) is 1. The lowest BCUT2D eigenvalue weighted by atomic mass is 9.99. The zero-order valence-corrected chi connectivity index (χ0v) is 8.32. The maximum Gasteiger partial charge on any atom is -0.00236 e. The van der Waals surface area contributed by atoms with Crippen molar-refractivity contribution in [2.45, 2.75) is 46.0 Å². The minimum absolute atomic E-state index is 0.909. The highest BCUT2D eigenvalue weighted by atomic mass is 14.8. The van der Waals surface area contributed by atoms with Crippen LogP contribution in [-0.4, -0.2) is 13.6 Å². The molecule has 0 saturated carbocycles. The summed E-state index contributed by atoms with van der Waals surface area (Å²) < 4.78 is 0. The fraction of sp³-hybridized carbons (Fsp3) is 1.00. The molecule has 1 nitrogen and oxygen atoms in total. The molecule has 1 atom stereocenters. The van der Waals surface area contributed by atoms with Crippen molar-refractivity contribution < 1.29 is 0 Å². The van der Waals surface area contributed by atoms with Crippen molar-refractivity contribution in [3.8, 4) is 0 Å². The summed E-state index contributed by atoms with van der Waals surface area (Å²) in [4.78, 5) is 0. The van der Waals surface area contributed by atoms with Crippen molar-refractivity contribution in [3.63, 3.8) is 0 Å². The molecule has 0 saturated heterocycles. The molecule has 0 aromatic heterocycles. The van der Waals surface area contributed by atoms with Gasteiger partial charge in [0.1, 0.15) is 0 Å². The molecule has 0 aliphatic carbocycles. The van der Waals surface area contributed by atoms with E-state index in [9.17, 15) is 0 Å². The van der Waals surface area contributed by atoms with Gasteiger partial charge in [-0.25, -0.2) is 0 Å². The normalized spacial score (nSPS) is 13.4. The first-order valence-corrected chi connectivity index (χ1v) is 4.99. The third kappa shape index (κ3) is 6.36. The van der Waals surface area contributed by atoms with Crippen LogP contribution in [0.15, 0.2) is 0 Å². The molecule has 0 aromatic carbocycles. The van der Waals surface area contributed by atoms with Gasteiger partial charge in [-0.15, -0.1) is 0 Å². The van der Waals surface area contributed by atoms with Crippen molar-refractivity contribution in [2.75, 3.05) is 13.6 Å². The van der Waals surface area contributed by atoms with Crippen LogP contribution in [0.4, 0.5) is 0 Å². The number of unbranched alkanes of at least 4 members (excludes halogenated alkanes) is 2. The van der Waals surface area contributed by atoms with E-state index < -0.39 is 0 Å². The van der Waals surface area contributed by atoms with E-state index >= 15 is 0 Å². The molecule has 1 heteroatoms. The van der Waals surface area contributed by atoms with Gasteiger partial charge in [-0.2, -0.15) is 0 Å². The van der Waals surface area contributed by atoms with Crippen LogP contribution in [0.2, 0.25) is 0 Å². The molecule has 1 N–H and O–H groups in total. The van der Waals surface area contributed by atoms with Gasteiger partial charge in [0.05, 0.1) is 0 Å². The van der Waals surface area contributed by atoms with Crippen molar-refractivity contribution in [2.24, 2.45) is 5.92 Å². The van der Waals surface area contributed by atoms with Crippen molar-refractivity contribution in [3.05, 3.63) is 0 Å². The highest BCUT2D eigenvalue weighted by Gasteiger charge is 2.02. The van der Waals surface area contributed by atoms with Crippen LogP contribution in [-0.2, 0) is 0 Å². The van der Waals surface area contributed by atoms with Crippen LogP contribution in [0.25, 0.3) is 0 Å². The maximum absolute atomic E-state index is 3.25. The predicted molar refractivity (Wildman–Crippen MR) is 51.8 cm³/mol. The summed E-state index contributed by atoms with van der Waals surface area (Å²) in [5.41, 5.74) is 0. The van der Waals surface area contributed by atoms with Crippen molar-refractivity contribution >= 4 is 0 Å². The van der Waals surface area contributed by atoms with E-state index in [4.69, 9.17) is 0 Å². The molecule has 0 bridgehead atoms. The van der Waals surface area contributed by atoms with Gasteiger partial charge in [0.15, 0.2) is 0 Å². The fourth-order valence-electron chi connectivity index (χ4n) is 1.42. The Kier molecular flexibility index (Phi) is 8.03. The Balaban J connectivity index is 3.20. The van der Waals surface area contributed by atoms with Crippen LogP contribution in [0.1, 0.15) is 46.0 Å². The third-order valence-electron chi connectivity index (χ3n) is 2.29. The Bertz CT molecular complexity index is 71.3. The zero-order chi connectivity index (χ0) is 8.53. The van der Waals surface area contributed by atoms with Crippen LogP contribution < -0.4 is 5.32 Å². The molecule has 0 spiro atoms. The topological polar surface area (TPSA) is 12.0 Å². The van der Waals surface area contributed by atoms with Gasteiger partial charge >= 0.3 is 0 Å². The molecule has 68 valence electrons. The zero-order valence-electron chi connectivity index (χ0n) is 8.32. The van der Waals surface area contributed by atoms with Gasteiger partial charge in [0.25, 0.3) is 0 Å². The second kappa shape index (κ2) is 8.06.